The molecule has 0 aliphatic rings. The van der Waals surface area contributed by atoms with E-state index in [4.69, 9.17) is 14.2 Å². The Labute approximate surface area is 496 Å². The molecule has 0 rings (SSSR count). The molecule has 0 spiro atoms. The summed E-state index contributed by atoms with van der Waals surface area (Å²) < 4.78 is 17.0. The van der Waals surface area contributed by atoms with Crippen LogP contribution in [0.25, 0.3) is 0 Å². The number of esters is 3. The van der Waals surface area contributed by atoms with Crippen LogP contribution in [0, 0.1) is 0 Å². The van der Waals surface area contributed by atoms with Crippen LogP contribution in [0.4, 0.5) is 0 Å². The van der Waals surface area contributed by atoms with Crippen molar-refractivity contribution in [1.29, 1.82) is 0 Å². The monoisotopic (exact) mass is 1110 g/mol. The number of hydrogen-bond donors (Lipinski definition) is 0. The molecule has 0 saturated carbocycles. The fourth-order valence-electron chi connectivity index (χ4n) is 9.93. The lowest BCUT2D eigenvalue weighted by atomic mass is 10.0. The molecule has 6 nitrogen and oxygen atoms in total. The van der Waals surface area contributed by atoms with Gasteiger partial charge in [0, 0.05) is 19.3 Å². The number of unbranched alkanes of at least 4 members (excludes halogenated alkanes) is 38. The first-order chi connectivity index (χ1) is 39.5. The maximum atomic E-state index is 12.9. The Morgan fingerprint density at radius 3 is 0.787 bits per heavy atom. The van der Waals surface area contributed by atoms with Crippen molar-refractivity contribution in [2.24, 2.45) is 0 Å². The van der Waals surface area contributed by atoms with Crippen molar-refractivity contribution in [3.8, 4) is 0 Å². The molecule has 0 aliphatic heterocycles. The molecular weight excluding hydrogens is 985 g/mol. The molecule has 80 heavy (non-hydrogen) atoms. The number of carbonyl (C=O) groups excluding carboxylic acids is 3. The van der Waals surface area contributed by atoms with Crippen LogP contribution in [0.15, 0.2) is 85.1 Å². The molecule has 462 valence electrons. The van der Waals surface area contributed by atoms with E-state index in [2.05, 4.69) is 106 Å². The minimum Gasteiger partial charge on any atom is -0.462 e. The van der Waals surface area contributed by atoms with E-state index < -0.39 is 6.10 Å². The first kappa shape index (κ1) is 76.6. The minimum absolute atomic E-state index is 0.0896. The molecule has 0 aliphatic carbocycles. The third-order valence-electron chi connectivity index (χ3n) is 15.1. The van der Waals surface area contributed by atoms with Crippen molar-refractivity contribution < 1.29 is 28.6 Å². The summed E-state index contributed by atoms with van der Waals surface area (Å²) in [4.78, 5) is 38.4. The molecule has 0 amide bonds. The van der Waals surface area contributed by atoms with Gasteiger partial charge in [0.05, 0.1) is 0 Å². The van der Waals surface area contributed by atoms with Gasteiger partial charge in [-0.3, -0.25) is 14.4 Å². The summed E-state index contributed by atoms with van der Waals surface area (Å²) in [5.74, 6) is -0.910. The lowest BCUT2D eigenvalue weighted by molar-refractivity contribution is -0.167. The quantitative estimate of drug-likeness (QED) is 0.0261. The number of allylic oxidation sites excluding steroid dienone is 14. The molecule has 1 unspecified atom stereocenters. The molecule has 0 aromatic carbocycles. The molecule has 0 aromatic rings. The molecule has 0 bridgehead atoms. The van der Waals surface area contributed by atoms with Crippen LogP contribution in [0.1, 0.15) is 348 Å². The van der Waals surface area contributed by atoms with E-state index in [0.29, 0.717) is 12.8 Å². The fraction of sp³-hybridized carbons (Fsp3) is 0.770. The second kappa shape index (κ2) is 68.1. The van der Waals surface area contributed by atoms with Gasteiger partial charge in [-0.15, -0.1) is 0 Å². The van der Waals surface area contributed by atoms with Crippen LogP contribution in [0.3, 0.4) is 0 Å². The van der Waals surface area contributed by atoms with Gasteiger partial charge < -0.3 is 14.2 Å². The van der Waals surface area contributed by atoms with Gasteiger partial charge in [-0.05, 0) is 116 Å². The summed E-state index contributed by atoms with van der Waals surface area (Å²) >= 11 is 0. The SMILES string of the molecule is CC/C=C\C/C=C\C/C=C\C/C=C\C/C=C\CCCCCC(=O)OC(COC(=O)CCCCCCCCC/C=C\CCCCCCCCC)COC(=O)CCCCCCCCCCCCCCC/C=C\CCCCCCCCCC. The second-order valence-electron chi connectivity index (χ2n) is 23.1. The molecule has 0 aromatic heterocycles. The minimum atomic E-state index is -0.798. The molecule has 0 fully saturated rings. The Morgan fingerprint density at radius 1 is 0.263 bits per heavy atom. The first-order valence-corrected chi connectivity index (χ1v) is 34.6. The Morgan fingerprint density at radius 2 is 0.487 bits per heavy atom. The standard InChI is InChI=1S/C74H130O6/c1-4-7-10-13-16-19-22-25-28-31-34-35-36-37-38-39-41-43-46-49-52-55-58-61-64-67-73(76)79-70-71(69-78-72(75)66-63-60-57-54-51-48-45-42-33-30-27-24-21-18-15-12-9-6-3)80-74(77)68-65-62-59-56-53-50-47-44-40-32-29-26-23-20-17-14-11-8-5-2/h8,11,17,20,26,29-31,33-34,40,44,50,53,71H,4-7,9-10,12-16,18-19,21-25,27-28,32,35-39,41-43,45-49,51-52,54-70H2,1-3H3/b11-8-,20-17-,29-26-,33-30-,34-31-,44-40-,53-50-. The van der Waals surface area contributed by atoms with Gasteiger partial charge in [0.25, 0.3) is 0 Å². The highest BCUT2D eigenvalue weighted by molar-refractivity contribution is 5.71. The van der Waals surface area contributed by atoms with Crippen molar-refractivity contribution in [2.75, 3.05) is 13.2 Å². The van der Waals surface area contributed by atoms with Gasteiger partial charge in [0.15, 0.2) is 6.10 Å². The number of carbonyl (C=O) groups is 3. The van der Waals surface area contributed by atoms with Crippen LogP contribution in [-0.2, 0) is 28.6 Å². The Bertz CT molecular complexity index is 1520. The molecule has 0 saturated heterocycles. The van der Waals surface area contributed by atoms with Crippen molar-refractivity contribution >= 4 is 17.9 Å². The van der Waals surface area contributed by atoms with E-state index in [9.17, 15) is 14.4 Å². The van der Waals surface area contributed by atoms with E-state index in [1.54, 1.807) is 0 Å². The van der Waals surface area contributed by atoms with Crippen LogP contribution < -0.4 is 0 Å². The van der Waals surface area contributed by atoms with Gasteiger partial charge in [-0.2, -0.15) is 0 Å². The highest BCUT2D eigenvalue weighted by Crippen LogP contribution is 2.17. The van der Waals surface area contributed by atoms with E-state index in [0.717, 1.165) is 96.3 Å². The number of rotatable bonds is 63. The molecule has 1 atom stereocenters. The van der Waals surface area contributed by atoms with E-state index >= 15 is 0 Å². The summed E-state index contributed by atoms with van der Waals surface area (Å²) in [6.07, 6.45) is 90.3. The van der Waals surface area contributed by atoms with Crippen LogP contribution in [-0.4, -0.2) is 37.2 Å². The van der Waals surface area contributed by atoms with Crippen molar-refractivity contribution in [2.45, 2.75) is 354 Å². The van der Waals surface area contributed by atoms with Crippen LogP contribution in [0.2, 0.25) is 0 Å². The van der Waals surface area contributed by atoms with E-state index in [1.165, 1.54) is 212 Å². The lowest BCUT2D eigenvalue weighted by Crippen LogP contribution is -2.30. The molecule has 6 heteroatoms. The van der Waals surface area contributed by atoms with E-state index in [1.807, 2.05) is 0 Å². The Hall–Kier alpha value is -3.41. The summed E-state index contributed by atoms with van der Waals surface area (Å²) in [6.45, 7) is 6.54. The fourth-order valence-corrected chi connectivity index (χ4v) is 9.93. The van der Waals surface area contributed by atoms with E-state index in [-0.39, 0.29) is 37.5 Å². The average Bonchev–Trinajstić information content (AvgIpc) is 3.46. The van der Waals surface area contributed by atoms with Crippen molar-refractivity contribution in [3.63, 3.8) is 0 Å². The number of hydrogen-bond acceptors (Lipinski definition) is 6. The van der Waals surface area contributed by atoms with Gasteiger partial charge in [0.1, 0.15) is 13.2 Å². The van der Waals surface area contributed by atoms with Gasteiger partial charge in [0.2, 0.25) is 0 Å². The third-order valence-corrected chi connectivity index (χ3v) is 15.1. The Balaban J connectivity index is 4.38. The van der Waals surface area contributed by atoms with Crippen molar-refractivity contribution in [3.05, 3.63) is 85.1 Å². The molecule has 0 N–H and O–H groups in total. The largest absolute Gasteiger partial charge is 0.462 e. The first-order valence-electron chi connectivity index (χ1n) is 34.6. The van der Waals surface area contributed by atoms with Crippen LogP contribution in [0.5, 0.6) is 0 Å². The summed E-state index contributed by atoms with van der Waals surface area (Å²) in [5.41, 5.74) is 0. The zero-order chi connectivity index (χ0) is 57.8. The second-order valence-corrected chi connectivity index (χ2v) is 23.1. The third kappa shape index (κ3) is 65.4. The number of ether oxygens (including phenoxy) is 3. The molecular formula is C74H130O6. The van der Waals surface area contributed by atoms with Crippen LogP contribution >= 0.6 is 0 Å². The maximum absolute atomic E-state index is 12.9. The zero-order valence-corrected chi connectivity index (χ0v) is 53.1. The smallest absolute Gasteiger partial charge is 0.306 e. The molecule has 0 heterocycles. The summed E-state index contributed by atoms with van der Waals surface area (Å²) in [5, 5.41) is 0. The topological polar surface area (TPSA) is 78.9 Å². The van der Waals surface area contributed by atoms with Crippen molar-refractivity contribution in [1.82, 2.24) is 0 Å². The molecule has 0 radical (unpaired) electrons. The predicted molar refractivity (Wildman–Crippen MR) is 348 cm³/mol. The predicted octanol–water partition coefficient (Wildman–Crippen LogP) is 23.8. The zero-order valence-electron chi connectivity index (χ0n) is 53.1. The highest BCUT2D eigenvalue weighted by Gasteiger charge is 2.19. The summed E-state index contributed by atoms with van der Waals surface area (Å²) in [7, 11) is 0. The normalized spacial score (nSPS) is 12.6. The summed E-state index contributed by atoms with van der Waals surface area (Å²) in [6, 6.07) is 0. The van der Waals surface area contributed by atoms with Gasteiger partial charge >= 0.3 is 17.9 Å². The Kier molecular flexibility index (Phi) is 65.2. The highest BCUT2D eigenvalue weighted by atomic mass is 16.6. The maximum Gasteiger partial charge on any atom is 0.306 e. The van der Waals surface area contributed by atoms with Gasteiger partial charge in [-0.25, -0.2) is 0 Å². The average molecular weight is 1120 g/mol. The lowest BCUT2D eigenvalue weighted by Gasteiger charge is -2.18. The van der Waals surface area contributed by atoms with Gasteiger partial charge in [-0.1, -0.05) is 298 Å².